The number of benzene rings is 1. The van der Waals surface area contributed by atoms with E-state index in [0.717, 1.165) is 24.3 Å². The number of ether oxygens (including phenoxy) is 2. The number of nitrogens with one attached hydrogen (secondary N) is 1. The Morgan fingerprint density at radius 3 is 2.60 bits per heavy atom. The predicted octanol–water partition coefficient (Wildman–Crippen LogP) is 0.387. The highest BCUT2D eigenvalue weighted by Crippen LogP contribution is 2.21. The number of hydrogen-bond acceptors (Lipinski definition) is 5. The van der Waals surface area contributed by atoms with Crippen LogP contribution in [0.25, 0.3) is 0 Å². The zero-order valence-electron chi connectivity index (χ0n) is 14.6. The van der Waals surface area contributed by atoms with Gasteiger partial charge < -0.3 is 24.6 Å². The maximum absolute atomic E-state index is 12.6. The lowest BCUT2D eigenvalue weighted by atomic mass is 10.1. The molecule has 0 saturated carbocycles. The molecule has 25 heavy (non-hydrogen) atoms. The van der Waals surface area contributed by atoms with Gasteiger partial charge in [0.15, 0.2) is 0 Å². The summed E-state index contributed by atoms with van der Waals surface area (Å²) in [6, 6.07) is 7.50. The number of amides is 2. The van der Waals surface area contributed by atoms with Crippen LogP contribution >= 0.6 is 0 Å². The fraction of sp³-hybridized carbons (Fsp3) is 0.556. The fourth-order valence-electron chi connectivity index (χ4n) is 3.27. The molecule has 1 unspecified atom stereocenters. The first-order valence-corrected chi connectivity index (χ1v) is 8.70. The first-order chi connectivity index (χ1) is 12.2. The normalized spacial score (nSPS) is 21.1. The minimum absolute atomic E-state index is 0.0998. The molecular weight excluding hydrogens is 322 g/mol. The second kappa shape index (κ2) is 8.31. The molecule has 2 aliphatic heterocycles. The zero-order chi connectivity index (χ0) is 17.6. The molecule has 3 rings (SSSR count). The van der Waals surface area contributed by atoms with Crippen molar-refractivity contribution in [3.05, 3.63) is 29.8 Å². The van der Waals surface area contributed by atoms with E-state index in [1.54, 1.807) is 4.90 Å². The fourth-order valence-corrected chi connectivity index (χ4v) is 3.27. The molecule has 1 atom stereocenters. The number of rotatable bonds is 4. The summed E-state index contributed by atoms with van der Waals surface area (Å²) in [5.41, 5.74) is 2.18. The second-order valence-corrected chi connectivity index (χ2v) is 6.25. The number of para-hydroxylation sites is 1. The highest BCUT2D eigenvalue weighted by atomic mass is 16.5. The summed E-state index contributed by atoms with van der Waals surface area (Å²) in [6.45, 7) is 6.21. The molecule has 0 spiro atoms. The van der Waals surface area contributed by atoms with Gasteiger partial charge in [-0.05, 0) is 11.6 Å². The van der Waals surface area contributed by atoms with Gasteiger partial charge in [-0.15, -0.1) is 0 Å². The molecule has 2 heterocycles. The van der Waals surface area contributed by atoms with Gasteiger partial charge in [-0.3, -0.25) is 9.59 Å². The molecule has 0 aromatic heterocycles. The van der Waals surface area contributed by atoms with Gasteiger partial charge in [-0.1, -0.05) is 18.2 Å². The molecule has 2 fully saturated rings. The summed E-state index contributed by atoms with van der Waals surface area (Å²) in [7, 11) is 0. The minimum atomic E-state index is -0.554. The van der Waals surface area contributed by atoms with Gasteiger partial charge in [-0.2, -0.15) is 0 Å². The molecule has 136 valence electrons. The lowest BCUT2D eigenvalue weighted by Crippen LogP contribution is -2.55. The van der Waals surface area contributed by atoms with Crippen LogP contribution in [0.2, 0.25) is 0 Å². The summed E-state index contributed by atoms with van der Waals surface area (Å²) < 4.78 is 10.8. The average Bonchev–Trinajstić information content (AvgIpc) is 2.67. The maximum Gasteiger partial charge on any atom is 0.245 e. The Balaban J connectivity index is 1.65. The van der Waals surface area contributed by atoms with Crippen LogP contribution in [0.5, 0.6) is 0 Å². The predicted molar refractivity (Wildman–Crippen MR) is 93.3 cm³/mol. The average molecular weight is 347 g/mol. The molecule has 1 aromatic carbocycles. The molecule has 0 radical (unpaired) electrons. The number of anilines is 1. The van der Waals surface area contributed by atoms with E-state index in [9.17, 15) is 9.59 Å². The number of carbonyl (C=O) groups excluding carboxylic acids is 2. The molecule has 2 saturated heterocycles. The van der Waals surface area contributed by atoms with Crippen LogP contribution in [0.3, 0.4) is 0 Å². The molecular formula is C18H25N3O4. The third-order valence-electron chi connectivity index (χ3n) is 4.63. The minimum Gasteiger partial charge on any atom is -0.378 e. The van der Waals surface area contributed by atoms with Crippen LogP contribution in [0, 0.1) is 0 Å². The van der Waals surface area contributed by atoms with Crippen LogP contribution in [0.1, 0.15) is 12.5 Å². The molecule has 1 N–H and O–H groups in total. The van der Waals surface area contributed by atoms with Crippen molar-refractivity contribution in [3.8, 4) is 0 Å². The van der Waals surface area contributed by atoms with Crippen LogP contribution < -0.4 is 10.2 Å². The van der Waals surface area contributed by atoms with Crippen molar-refractivity contribution in [2.45, 2.75) is 19.5 Å². The van der Waals surface area contributed by atoms with Gasteiger partial charge in [0.25, 0.3) is 0 Å². The van der Waals surface area contributed by atoms with E-state index in [1.165, 1.54) is 6.92 Å². The first kappa shape index (κ1) is 17.7. The SMILES string of the molecule is CC(=O)N1CCOCC1C(=O)NCc1ccccc1N1CCOCC1. The molecule has 1 aromatic rings. The van der Waals surface area contributed by atoms with Crippen LogP contribution in [-0.2, 0) is 25.6 Å². The summed E-state index contributed by atoms with van der Waals surface area (Å²) in [6.07, 6.45) is 0. The van der Waals surface area contributed by atoms with Crippen molar-refractivity contribution in [2.75, 3.05) is 51.0 Å². The highest BCUT2D eigenvalue weighted by molar-refractivity contribution is 5.87. The monoisotopic (exact) mass is 347 g/mol. The van der Waals surface area contributed by atoms with Crippen molar-refractivity contribution >= 4 is 17.5 Å². The maximum atomic E-state index is 12.6. The molecule has 0 aliphatic carbocycles. The number of hydrogen-bond donors (Lipinski definition) is 1. The van der Waals surface area contributed by atoms with E-state index in [1.807, 2.05) is 18.2 Å². The summed E-state index contributed by atoms with van der Waals surface area (Å²) >= 11 is 0. The quantitative estimate of drug-likeness (QED) is 0.853. The summed E-state index contributed by atoms with van der Waals surface area (Å²) in [5.74, 6) is -0.274. The Hall–Kier alpha value is -2.12. The van der Waals surface area contributed by atoms with E-state index < -0.39 is 6.04 Å². The first-order valence-electron chi connectivity index (χ1n) is 8.70. The van der Waals surface area contributed by atoms with E-state index in [4.69, 9.17) is 9.47 Å². The molecule has 2 amide bonds. The lowest BCUT2D eigenvalue weighted by Gasteiger charge is -2.34. The van der Waals surface area contributed by atoms with Crippen molar-refractivity contribution in [3.63, 3.8) is 0 Å². The van der Waals surface area contributed by atoms with Gasteiger partial charge in [-0.25, -0.2) is 0 Å². The Morgan fingerprint density at radius 2 is 1.84 bits per heavy atom. The van der Waals surface area contributed by atoms with Crippen LogP contribution in [0.4, 0.5) is 5.69 Å². The van der Waals surface area contributed by atoms with Crippen molar-refractivity contribution < 1.29 is 19.1 Å². The zero-order valence-corrected chi connectivity index (χ0v) is 14.6. The van der Waals surface area contributed by atoms with E-state index in [0.29, 0.717) is 32.9 Å². The van der Waals surface area contributed by atoms with Gasteiger partial charge in [0.1, 0.15) is 6.04 Å². The number of carbonyl (C=O) groups is 2. The van der Waals surface area contributed by atoms with Gasteiger partial charge in [0.2, 0.25) is 11.8 Å². The van der Waals surface area contributed by atoms with E-state index >= 15 is 0 Å². The highest BCUT2D eigenvalue weighted by Gasteiger charge is 2.31. The lowest BCUT2D eigenvalue weighted by molar-refractivity contribution is -0.147. The Labute approximate surface area is 147 Å². The van der Waals surface area contributed by atoms with Crippen molar-refractivity contribution in [2.24, 2.45) is 0 Å². The topological polar surface area (TPSA) is 71.1 Å². The summed E-state index contributed by atoms with van der Waals surface area (Å²) in [4.78, 5) is 28.1. The Bertz CT molecular complexity index is 616. The third kappa shape index (κ3) is 4.29. The van der Waals surface area contributed by atoms with Crippen molar-refractivity contribution in [1.82, 2.24) is 10.2 Å². The number of nitrogens with zero attached hydrogens (tertiary/aromatic N) is 2. The van der Waals surface area contributed by atoms with E-state index in [2.05, 4.69) is 16.3 Å². The largest absolute Gasteiger partial charge is 0.378 e. The smallest absolute Gasteiger partial charge is 0.245 e. The van der Waals surface area contributed by atoms with Gasteiger partial charge >= 0.3 is 0 Å². The number of morpholine rings is 2. The van der Waals surface area contributed by atoms with Crippen LogP contribution in [0.15, 0.2) is 24.3 Å². The standard InChI is InChI=1S/C18H25N3O4/c1-14(22)21-8-11-25-13-17(21)18(23)19-12-15-4-2-3-5-16(15)20-6-9-24-10-7-20/h2-5,17H,6-13H2,1H3,(H,19,23). The van der Waals surface area contributed by atoms with Gasteiger partial charge in [0.05, 0.1) is 26.4 Å². The van der Waals surface area contributed by atoms with E-state index in [-0.39, 0.29) is 18.4 Å². The molecule has 0 bridgehead atoms. The molecule has 7 nitrogen and oxygen atoms in total. The van der Waals surface area contributed by atoms with Crippen molar-refractivity contribution in [1.29, 1.82) is 0 Å². The Kier molecular flexibility index (Phi) is 5.88. The Morgan fingerprint density at radius 1 is 1.12 bits per heavy atom. The van der Waals surface area contributed by atoms with Crippen LogP contribution in [-0.4, -0.2) is 68.8 Å². The summed E-state index contributed by atoms with van der Waals surface area (Å²) in [5, 5.41) is 2.96. The molecule has 7 heteroatoms. The third-order valence-corrected chi connectivity index (χ3v) is 4.63. The van der Waals surface area contributed by atoms with Gasteiger partial charge in [0, 0.05) is 38.8 Å². The molecule has 2 aliphatic rings. The second-order valence-electron chi connectivity index (χ2n) is 6.25.